The van der Waals surface area contributed by atoms with Crippen molar-refractivity contribution in [2.75, 3.05) is 6.61 Å². The molecule has 0 aliphatic carbocycles. The summed E-state index contributed by atoms with van der Waals surface area (Å²) in [6.07, 6.45) is 0.239. The van der Waals surface area contributed by atoms with Crippen LogP contribution < -0.4 is 0 Å². The third-order valence-electron chi connectivity index (χ3n) is 5.42. The van der Waals surface area contributed by atoms with Crippen molar-refractivity contribution in [3.63, 3.8) is 0 Å². The second-order valence-corrected chi connectivity index (χ2v) is 9.51. The summed E-state index contributed by atoms with van der Waals surface area (Å²) in [7, 11) is 0. The molecule has 0 saturated carbocycles. The molecule has 1 aliphatic rings. The summed E-state index contributed by atoms with van der Waals surface area (Å²) in [4.78, 5) is 0. The van der Waals surface area contributed by atoms with Crippen LogP contribution in [0.1, 0.15) is 23.1 Å². The lowest BCUT2D eigenvalue weighted by Crippen LogP contribution is -2.50. The Morgan fingerprint density at radius 1 is 0.688 bits per heavy atom. The molecule has 0 unspecified atom stereocenters. The molecule has 0 aromatic heterocycles. The molecule has 4 nitrogen and oxygen atoms in total. The Balaban J connectivity index is 1.36. The monoisotopic (exact) mass is 544 g/mol. The normalized spacial score (nSPS) is 23.2. The van der Waals surface area contributed by atoms with Gasteiger partial charge in [-0.3, -0.25) is 0 Å². The Hall–Kier alpha value is -1.77. The van der Waals surface area contributed by atoms with Gasteiger partial charge in [-0.05, 0) is 16.7 Å². The standard InChI is InChI=1S/C27H29IO4/c28-24-16-26(30-18-22-12-6-2-7-13-22)32-25(20-29-17-21-10-4-1-5-11-21)27(24)31-19-23-14-8-3-9-15-23/h1-15,24-27H,16-20H2/t24-,25-,26+,27+/m1/s1. The van der Waals surface area contributed by atoms with Crippen LogP contribution in [0, 0.1) is 0 Å². The van der Waals surface area contributed by atoms with E-state index in [0.29, 0.717) is 26.4 Å². The molecule has 3 aromatic rings. The van der Waals surface area contributed by atoms with Crippen LogP contribution in [-0.4, -0.2) is 29.0 Å². The summed E-state index contributed by atoms with van der Waals surface area (Å²) >= 11 is 2.47. The van der Waals surface area contributed by atoms with Gasteiger partial charge < -0.3 is 18.9 Å². The molecule has 1 saturated heterocycles. The van der Waals surface area contributed by atoms with E-state index in [1.165, 1.54) is 0 Å². The van der Waals surface area contributed by atoms with Gasteiger partial charge in [0.05, 0.1) is 32.5 Å². The molecule has 0 amide bonds. The van der Waals surface area contributed by atoms with Gasteiger partial charge in [0.2, 0.25) is 0 Å². The second kappa shape index (κ2) is 12.5. The average Bonchev–Trinajstić information content (AvgIpc) is 2.84. The second-order valence-electron chi connectivity index (χ2n) is 7.91. The highest BCUT2D eigenvalue weighted by Gasteiger charge is 2.39. The van der Waals surface area contributed by atoms with Crippen molar-refractivity contribution >= 4 is 22.6 Å². The van der Waals surface area contributed by atoms with E-state index in [1.807, 2.05) is 54.6 Å². The van der Waals surface area contributed by atoms with Crippen LogP contribution in [0.5, 0.6) is 0 Å². The fourth-order valence-corrected chi connectivity index (χ4v) is 4.82. The lowest BCUT2D eigenvalue weighted by atomic mass is 10.0. The van der Waals surface area contributed by atoms with Gasteiger partial charge in [-0.15, -0.1) is 0 Å². The molecule has 32 heavy (non-hydrogen) atoms. The van der Waals surface area contributed by atoms with E-state index in [0.717, 1.165) is 23.1 Å². The third-order valence-corrected chi connectivity index (χ3v) is 6.64. The molecule has 5 heteroatoms. The van der Waals surface area contributed by atoms with Gasteiger partial charge >= 0.3 is 0 Å². The highest BCUT2D eigenvalue weighted by Crippen LogP contribution is 2.30. The first-order valence-corrected chi connectivity index (χ1v) is 12.2. The number of hydrogen-bond donors (Lipinski definition) is 0. The topological polar surface area (TPSA) is 36.9 Å². The first kappa shape index (κ1) is 23.4. The van der Waals surface area contributed by atoms with Crippen LogP contribution >= 0.6 is 22.6 Å². The first-order chi connectivity index (χ1) is 15.8. The van der Waals surface area contributed by atoms with Crippen LogP contribution in [-0.2, 0) is 38.8 Å². The van der Waals surface area contributed by atoms with Crippen LogP contribution in [0.15, 0.2) is 91.0 Å². The zero-order valence-corrected chi connectivity index (χ0v) is 20.2. The van der Waals surface area contributed by atoms with Crippen LogP contribution in [0.4, 0.5) is 0 Å². The van der Waals surface area contributed by atoms with E-state index in [9.17, 15) is 0 Å². The summed E-state index contributed by atoms with van der Waals surface area (Å²) in [5.74, 6) is 0. The molecule has 1 heterocycles. The SMILES string of the molecule is I[C@@H]1C[C@@H](OCc2ccccc2)O[C@H](COCc2ccccc2)[C@H]1OCc1ccccc1. The van der Waals surface area contributed by atoms with E-state index >= 15 is 0 Å². The van der Waals surface area contributed by atoms with Crippen molar-refractivity contribution in [3.05, 3.63) is 108 Å². The number of halogens is 1. The van der Waals surface area contributed by atoms with Crippen molar-refractivity contribution in [2.45, 2.75) is 48.7 Å². The van der Waals surface area contributed by atoms with E-state index in [1.54, 1.807) is 0 Å². The summed E-state index contributed by atoms with van der Waals surface area (Å²) in [5, 5.41) is 0. The van der Waals surface area contributed by atoms with Crippen molar-refractivity contribution in [2.24, 2.45) is 0 Å². The molecule has 4 atom stereocenters. The number of rotatable bonds is 10. The largest absolute Gasteiger partial charge is 0.374 e. The predicted molar refractivity (Wildman–Crippen MR) is 133 cm³/mol. The van der Waals surface area contributed by atoms with Gasteiger partial charge in [-0.25, -0.2) is 0 Å². The highest BCUT2D eigenvalue weighted by atomic mass is 127. The lowest BCUT2D eigenvalue weighted by molar-refractivity contribution is -0.242. The zero-order valence-electron chi connectivity index (χ0n) is 18.0. The number of hydrogen-bond acceptors (Lipinski definition) is 4. The number of benzene rings is 3. The summed E-state index contributed by atoms with van der Waals surface area (Å²) < 4.78 is 25.1. The predicted octanol–water partition coefficient (Wildman–Crippen LogP) is 5.92. The zero-order chi connectivity index (χ0) is 22.0. The molecule has 1 aliphatic heterocycles. The van der Waals surface area contributed by atoms with Gasteiger partial charge in [0.25, 0.3) is 0 Å². The Morgan fingerprint density at radius 2 is 1.19 bits per heavy atom. The maximum Gasteiger partial charge on any atom is 0.159 e. The molecule has 0 bridgehead atoms. The van der Waals surface area contributed by atoms with E-state index in [2.05, 4.69) is 59.0 Å². The van der Waals surface area contributed by atoms with Gasteiger partial charge in [-0.2, -0.15) is 0 Å². The number of ether oxygens (including phenoxy) is 4. The minimum Gasteiger partial charge on any atom is -0.374 e. The molecule has 168 valence electrons. The molecular formula is C27H29IO4. The Bertz CT molecular complexity index is 907. The van der Waals surface area contributed by atoms with Gasteiger partial charge in [0.1, 0.15) is 6.10 Å². The molecule has 0 spiro atoms. The van der Waals surface area contributed by atoms with Crippen molar-refractivity contribution in [1.29, 1.82) is 0 Å². The van der Waals surface area contributed by atoms with Crippen molar-refractivity contribution in [1.82, 2.24) is 0 Å². The Kier molecular flexibility index (Phi) is 9.11. The van der Waals surface area contributed by atoms with Gasteiger partial charge in [0.15, 0.2) is 6.29 Å². The summed E-state index contributed by atoms with van der Waals surface area (Å²) in [5.41, 5.74) is 3.44. The van der Waals surface area contributed by atoms with E-state index in [-0.39, 0.29) is 22.4 Å². The summed E-state index contributed by atoms with van der Waals surface area (Å²) in [6, 6.07) is 30.6. The fraction of sp³-hybridized carbons (Fsp3) is 0.333. The van der Waals surface area contributed by atoms with Gasteiger partial charge in [0, 0.05) is 10.3 Å². The van der Waals surface area contributed by atoms with Gasteiger partial charge in [-0.1, -0.05) is 114 Å². The molecule has 1 fully saturated rings. The maximum atomic E-state index is 6.34. The molecule has 3 aromatic carbocycles. The lowest BCUT2D eigenvalue weighted by Gasteiger charge is -2.39. The highest BCUT2D eigenvalue weighted by molar-refractivity contribution is 14.1. The molecule has 0 N–H and O–H groups in total. The van der Waals surface area contributed by atoms with Crippen LogP contribution in [0.25, 0.3) is 0 Å². The maximum absolute atomic E-state index is 6.34. The minimum atomic E-state index is -0.279. The first-order valence-electron chi connectivity index (χ1n) is 11.0. The minimum absolute atomic E-state index is 0.0665. The number of alkyl halides is 1. The van der Waals surface area contributed by atoms with E-state index < -0.39 is 0 Å². The van der Waals surface area contributed by atoms with Crippen molar-refractivity contribution in [3.8, 4) is 0 Å². The Morgan fingerprint density at radius 3 is 1.75 bits per heavy atom. The third kappa shape index (κ3) is 7.12. The Labute approximate surface area is 204 Å². The smallest absolute Gasteiger partial charge is 0.159 e. The average molecular weight is 544 g/mol. The molecule has 4 rings (SSSR count). The van der Waals surface area contributed by atoms with Crippen molar-refractivity contribution < 1.29 is 18.9 Å². The summed E-state index contributed by atoms with van der Waals surface area (Å²) in [6.45, 7) is 2.09. The molecule has 0 radical (unpaired) electrons. The fourth-order valence-electron chi connectivity index (χ4n) is 3.73. The van der Waals surface area contributed by atoms with Crippen LogP contribution in [0.3, 0.4) is 0 Å². The van der Waals surface area contributed by atoms with Crippen LogP contribution in [0.2, 0.25) is 0 Å². The van der Waals surface area contributed by atoms with E-state index in [4.69, 9.17) is 18.9 Å². The quantitative estimate of drug-likeness (QED) is 0.235. The molecular weight excluding hydrogens is 515 g/mol.